The van der Waals surface area contributed by atoms with Crippen molar-refractivity contribution in [2.24, 2.45) is 5.92 Å². The Hall–Kier alpha value is -1.47. The highest BCUT2D eigenvalue weighted by molar-refractivity contribution is 9.10. The first kappa shape index (κ1) is 13.0. The lowest BCUT2D eigenvalue weighted by molar-refractivity contribution is -0.385. The minimum atomic E-state index is -0.490. The zero-order valence-corrected chi connectivity index (χ0v) is 11.0. The summed E-state index contributed by atoms with van der Waals surface area (Å²) in [4.78, 5) is 23.5. The fourth-order valence-corrected chi connectivity index (χ4v) is 2.48. The van der Waals surface area contributed by atoms with Gasteiger partial charge < -0.3 is 10.0 Å². The average molecular weight is 315 g/mol. The number of nitro groups is 1. The number of carbonyl (C=O) groups excluding carboxylic acids is 1. The summed E-state index contributed by atoms with van der Waals surface area (Å²) in [6, 6.07) is 4.45. The predicted molar refractivity (Wildman–Crippen MR) is 68.3 cm³/mol. The minimum Gasteiger partial charge on any atom is -0.396 e. The highest BCUT2D eigenvalue weighted by atomic mass is 79.9. The number of halogens is 1. The van der Waals surface area contributed by atoms with Crippen LogP contribution >= 0.6 is 15.9 Å². The molecule has 2 rings (SSSR count). The summed E-state index contributed by atoms with van der Waals surface area (Å²) in [7, 11) is 0. The molecule has 1 aromatic rings. The molecule has 1 saturated heterocycles. The van der Waals surface area contributed by atoms with Crippen LogP contribution in [0.4, 0.5) is 11.4 Å². The van der Waals surface area contributed by atoms with Crippen molar-refractivity contribution in [3.05, 3.63) is 32.8 Å². The molecule has 1 fully saturated rings. The Morgan fingerprint density at radius 2 is 2.28 bits per heavy atom. The van der Waals surface area contributed by atoms with Crippen LogP contribution in [0.3, 0.4) is 0 Å². The van der Waals surface area contributed by atoms with E-state index in [9.17, 15) is 14.9 Å². The molecule has 18 heavy (non-hydrogen) atoms. The van der Waals surface area contributed by atoms with Crippen molar-refractivity contribution in [1.82, 2.24) is 0 Å². The molecule has 1 aliphatic rings. The molecule has 1 heterocycles. The van der Waals surface area contributed by atoms with Crippen LogP contribution in [-0.2, 0) is 4.79 Å². The highest BCUT2D eigenvalue weighted by Gasteiger charge is 2.30. The normalized spacial score (nSPS) is 19.3. The average Bonchev–Trinajstić information content (AvgIpc) is 2.70. The predicted octanol–water partition coefficient (Wildman–Crippen LogP) is 1.70. The van der Waals surface area contributed by atoms with E-state index < -0.39 is 4.92 Å². The van der Waals surface area contributed by atoms with Crippen molar-refractivity contribution < 1.29 is 14.8 Å². The van der Waals surface area contributed by atoms with Gasteiger partial charge in [-0.05, 0) is 28.1 Å². The molecule has 0 saturated carbocycles. The maximum absolute atomic E-state index is 11.7. The number of benzene rings is 1. The van der Waals surface area contributed by atoms with Crippen molar-refractivity contribution in [2.45, 2.75) is 6.42 Å². The fraction of sp³-hybridized carbons (Fsp3) is 0.364. The van der Waals surface area contributed by atoms with E-state index in [2.05, 4.69) is 15.9 Å². The largest absolute Gasteiger partial charge is 0.396 e. The van der Waals surface area contributed by atoms with Gasteiger partial charge in [-0.15, -0.1) is 0 Å². The SMILES string of the molecule is O=C1CC(CO)CN1c1ccc([N+](=O)[O-])c(Br)c1. The smallest absolute Gasteiger partial charge is 0.283 e. The topological polar surface area (TPSA) is 83.7 Å². The van der Waals surface area contributed by atoms with Crippen LogP contribution in [0.5, 0.6) is 0 Å². The third-order valence-corrected chi connectivity index (χ3v) is 3.54. The van der Waals surface area contributed by atoms with Crippen LogP contribution in [0.2, 0.25) is 0 Å². The molecule has 0 radical (unpaired) electrons. The monoisotopic (exact) mass is 314 g/mol. The van der Waals surface area contributed by atoms with Crippen molar-refractivity contribution in [3.63, 3.8) is 0 Å². The second-order valence-electron chi connectivity index (χ2n) is 4.15. The lowest BCUT2D eigenvalue weighted by Crippen LogP contribution is -2.24. The number of hydrogen-bond acceptors (Lipinski definition) is 4. The number of aliphatic hydroxyl groups is 1. The first-order chi connectivity index (χ1) is 8.52. The summed E-state index contributed by atoms with van der Waals surface area (Å²) in [6.45, 7) is 0.413. The van der Waals surface area contributed by atoms with Crippen LogP contribution in [0.1, 0.15) is 6.42 Å². The van der Waals surface area contributed by atoms with Crippen LogP contribution in [-0.4, -0.2) is 29.1 Å². The van der Waals surface area contributed by atoms with E-state index in [0.717, 1.165) is 0 Å². The number of nitrogens with zero attached hydrogens (tertiary/aromatic N) is 2. The second-order valence-corrected chi connectivity index (χ2v) is 5.00. The van der Waals surface area contributed by atoms with E-state index in [1.54, 1.807) is 12.1 Å². The minimum absolute atomic E-state index is 0.0314. The molecule has 1 amide bonds. The number of anilines is 1. The van der Waals surface area contributed by atoms with Crippen molar-refractivity contribution in [1.29, 1.82) is 0 Å². The number of amides is 1. The summed E-state index contributed by atoms with van der Waals surface area (Å²) in [6.07, 6.45) is 0.311. The molecule has 7 heteroatoms. The molecule has 6 nitrogen and oxygen atoms in total. The number of nitro benzene ring substituents is 1. The van der Waals surface area contributed by atoms with Crippen molar-refractivity contribution >= 4 is 33.2 Å². The maximum atomic E-state index is 11.7. The Balaban J connectivity index is 2.27. The molecule has 96 valence electrons. The van der Waals surface area contributed by atoms with Crippen LogP contribution < -0.4 is 4.90 Å². The lowest BCUT2D eigenvalue weighted by atomic mass is 10.1. The van der Waals surface area contributed by atoms with E-state index in [1.165, 1.54) is 11.0 Å². The van der Waals surface area contributed by atoms with Gasteiger partial charge in [0.25, 0.3) is 5.69 Å². The number of aliphatic hydroxyl groups excluding tert-OH is 1. The summed E-state index contributed by atoms with van der Waals surface area (Å²) >= 11 is 3.12. The van der Waals surface area contributed by atoms with Gasteiger partial charge in [-0.1, -0.05) is 0 Å². The molecular formula is C11H11BrN2O4. The molecule has 0 aliphatic carbocycles. The highest BCUT2D eigenvalue weighted by Crippen LogP contribution is 2.32. The van der Waals surface area contributed by atoms with E-state index in [4.69, 9.17) is 5.11 Å². The van der Waals surface area contributed by atoms with E-state index in [0.29, 0.717) is 23.1 Å². The Morgan fingerprint density at radius 3 is 2.78 bits per heavy atom. The van der Waals surface area contributed by atoms with Crippen molar-refractivity contribution in [2.75, 3.05) is 18.1 Å². The third kappa shape index (κ3) is 2.37. The van der Waals surface area contributed by atoms with Crippen LogP contribution in [0.15, 0.2) is 22.7 Å². The summed E-state index contributed by atoms with van der Waals surface area (Å²) in [5.74, 6) is -0.138. The van der Waals surface area contributed by atoms with Gasteiger partial charge in [0.15, 0.2) is 0 Å². The summed E-state index contributed by atoms with van der Waals surface area (Å²) in [5.41, 5.74) is 0.567. The standard InChI is InChI=1S/C11H11BrN2O4/c12-9-4-8(1-2-10(9)14(17)18)13-5-7(6-15)3-11(13)16/h1-2,4,7,15H,3,5-6H2. The first-order valence-corrected chi connectivity index (χ1v) is 6.17. The molecule has 0 aromatic heterocycles. The number of carbonyl (C=O) groups is 1. The third-order valence-electron chi connectivity index (χ3n) is 2.90. The molecule has 0 bridgehead atoms. The zero-order valence-electron chi connectivity index (χ0n) is 9.38. The number of rotatable bonds is 3. The molecule has 1 unspecified atom stereocenters. The Morgan fingerprint density at radius 1 is 1.56 bits per heavy atom. The molecule has 1 atom stereocenters. The molecular weight excluding hydrogens is 304 g/mol. The second kappa shape index (κ2) is 5.03. The maximum Gasteiger partial charge on any atom is 0.283 e. The zero-order chi connectivity index (χ0) is 13.3. The Labute approximate surface area is 111 Å². The van der Waals surface area contributed by atoms with Gasteiger partial charge >= 0.3 is 0 Å². The Bertz CT molecular complexity index is 506. The molecule has 1 aromatic carbocycles. The van der Waals surface area contributed by atoms with Gasteiger partial charge in [0, 0.05) is 37.2 Å². The van der Waals surface area contributed by atoms with Crippen LogP contribution in [0.25, 0.3) is 0 Å². The molecule has 1 N–H and O–H groups in total. The van der Waals surface area contributed by atoms with Gasteiger partial charge in [0.1, 0.15) is 0 Å². The van der Waals surface area contributed by atoms with Gasteiger partial charge in [0.2, 0.25) is 5.91 Å². The first-order valence-electron chi connectivity index (χ1n) is 5.38. The van der Waals surface area contributed by atoms with Gasteiger partial charge in [-0.2, -0.15) is 0 Å². The van der Waals surface area contributed by atoms with Crippen molar-refractivity contribution in [3.8, 4) is 0 Å². The van der Waals surface area contributed by atoms with Gasteiger partial charge in [0.05, 0.1) is 9.40 Å². The fourth-order valence-electron chi connectivity index (χ4n) is 1.97. The summed E-state index contributed by atoms with van der Waals surface area (Å²) < 4.78 is 0.338. The Kier molecular flexibility index (Phi) is 3.63. The van der Waals surface area contributed by atoms with Gasteiger partial charge in [-0.25, -0.2) is 0 Å². The van der Waals surface area contributed by atoms with E-state index >= 15 is 0 Å². The summed E-state index contributed by atoms with van der Waals surface area (Å²) in [5, 5.41) is 19.7. The molecule has 1 aliphatic heterocycles. The lowest BCUT2D eigenvalue weighted by Gasteiger charge is -2.16. The van der Waals surface area contributed by atoms with E-state index in [-0.39, 0.29) is 24.1 Å². The van der Waals surface area contributed by atoms with Crippen LogP contribution in [0, 0.1) is 16.0 Å². The molecule has 0 spiro atoms. The van der Waals surface area contributed by atoms with Gasteiger partial charge in [-0.3, -0.25) is 14.9 Å². The number of hydrogen-bond donors (Lipinski definition) is 1. The quantitative estimate of drug-likeness (QED) is 0.680. The van der Waals surface area contributed by atoms with E-state index in [1.807, 2.05) is 0 Å².